The number of anilines is 1. The minimum atomic E-state index is -0.869. The van der Waals surface area contributed by atoms with E-state index in [1.807, 2.05) is 24.3 Å². The quantitative estimate of drug-likeness (QED) is 0.876. The van der Waals surface area contributed by atoms with E-state index in [1.54, 1.807) is 6.26 Å². The Kier molecular flexibility index (Phi) is 5.73. The van der Waals surface area contributed by atoms with Crippen molar-refractivity contribution in [2.24, 2.45) is 5.92 Å². The van der Waals surface area contributed by atoms with E-state index in [1.165, 1.54) is 0 Å². The highest BCUT2D eigenvalue weighted by Crippen LogP contribution is 2.19. The van der Waals surface area contributed by atoms with Crippen LogP contribution in [0.4, 0.5) is 5.69 Å². The summed E-state index contributed by atoms with van der Waals surface area (Å²) in [7, 11) is -0.869. The first-order valence-electron chi connectivity index (χ1n) is 6.90. The van der Waals surface area contributed by atoms with Crippen molar-refractivity contribution >= 4 is 22.4 Å². The van der Waals surface area contributed by atoms with Crippen LogP contribution in [0.1, 0.15) is 24.8 Å². The predicted molar refractivity (Wildman–Crippen MR) is 81.0 cm³/mol. The minimum Gasteiger partial charge on any atom is -0.381 e. The largest absolute Gasteiger partial charge is 0.381 e. The van der Waals surface area contributed by atoms with Crippen LogP contribution in [0, 0.1) is 5.92 Å². The molecule has 4 nitrogen and oxygen atoms in total. The summed E-state index contributed by atoms with van der Waals surface area (Å²) in [5, 5.41) is 2.90. The number of carbonyl (C=O) groups is 1. The molecule has 0 radical (unpaired) electrons. The Bertz CT molecular complexity index is 484. The van der Waals surface area contributed by atoms with Crippen LogP contribution < -0.4 is 5.32 Å². The van der Waals surface area contributed by atoms with Gasteiger partial charge >= 0.3 is 0 Å². The Balaban J connectivity index is 1.82. The molecule has 1 aliphatic rings. The molecule has 0 aromatic heterocycles. The van der Waals surface area contributed by atoms with Gasteiger partial charge in [-0.3, -0.25) is 9.00 Å². The zero-order valence-electron chi connectivity index (χ0n) is 11.8. The van der Waals surface area contributed by atoms with Crippen molar-refractivity contribution in [2.45, 2.75) is 25.0 Å². The molecule has 2 rings (SSSR count). The van der Waals surface area contributed by atoms with Crippen LogP contribution >= 0.6 is 0 Å². The number of benzene rings is 1. The summed E-state index contributed by atoms with van der Waals surface area (Å²) < 4.78 is 16.5. The number of ether oxygens (including phenoxy) is 1. The Morgan fingerprint density at radius 3 is 3.05 bits per heavy atom. The van der Waals surface area contributed by atoms with Crippen LogP contribution in [0.25, 0.3) is 0 Å². The third-order valence-electron chi connectivity index (χ3n) is 3.38. The van der Waals surface area contributed by atoms with Gasteiger partial charge in [0.1, 0.15) is 0 Å². The zero-order chi connectivity index (χ0) is 14.4. The molecule has 1 aliphatic heterocycles. The fourth-order valence-electron chi connectivity index (χ4n) is 2.34. The third kappa shape index (κ3) is 5.06. The third-order valence-corrected chi connectivity index (χ3v) is 4.12. The van der Waals surface area contributed by atoms with E-state index in [0.717, 1.165) is 37.3 Å². The number of carbonyl (C=O) groups excluding carboxylic acids is 1. The molecule has 110 valence electrons. The molecule has 2 atom stereocenters. The van der Waals surface area contributed by atoms with Crippen molar-refractivity contribution in [2.75, 3.05) is 24.8 Å². The van der Waals surface area contributed by atoms with E-state index in [4.69, 9.17) is 4.74 Å². The van der Waals surface area contributed by atoms with Crippen LogP contribution in [-0.2, 0) is 26.1 Å². The van der Waals surface area contributed by atoms with Crippen molar-refractivity contribution in [3.8, 4) is 0 Å². The smallest absolute Gasteiger partial charge is 0.224 e. The molecule has 2 unspecified atom stereocenters. The molecule has 1 aromatic carbocycles. The second-order valence-electron chi connectivity index (χ2n) is 5.23. The van der Waals surface area contributed by atoms with Gasteiger partial charge in [-0.1, -0.05) is 12.1 Å². The monoisotopic (exact) mass is 295 g/mol. The molecule has 1 fully saturated rings. The van der Waals surface area contributed by atoms with Gasteiger partial charge in [0.2, 0.25) is 5.91 Å². The average Bonchev–Trinajstić information content (AvgIpc) is 2.89. The highest BCUT2D eigenvalue weighted by molar-refractivity contribution is 7.83. The summed E-state index contributed by atoms with van der Waals surface area (Å²) in [4.78, 5) is 11.9. The van der Waals surface area contributed by atoms with Gasteiger partial charge in [0.25, 0.3) is 0 Å². The van der Waals surface area contributed by atoms with Gasteiger partial charge in [0.15, 0.2) is 0 Å². The van der Waals surface area contributed by atoms with E-state index < -0.39 is 10.8 Å². The van der Waals surface area contributed by atoms with Gasteiger partial charge in [0, 0.05) is 48.1 Å². The second-order valence-corrected chi connectivity index (χ2v) is 6.67. The van der Waals surface area contributed by atoms with Gasteiger partial charge < -0.3 is 10.1 Å². The maximum atomic E-state index is 11.9. The predicted octanol–water partition coefficient (Wildman–Crippen LogP) is 2.32. The van der Waals surface area contributed by atoms with E-state index in [-0.39, 0.29) is 5.91 Å². The molecule has 1 amide bonds. The molecule has 20 heavy (non-hydrogen) atoms. The minimum absolute atomic E-state index is 0.0340. The molecule has 0 aliphatic carbocycles. The van der Waals surface area contributed by atoms with Gasteiger partial charge in [-0.15, -0.1) is 0 Å². The molecular formula is C15H21NO3S. The Labute approximate surface area is 122 Å². The molecule has 1 heterocycles. The van der Waals surface area contributed by atoms with Crippen LogP contribution in [-0.4, -0.2) is 29.6 Å². The topological polar surface area (TPSA) is 55.4 Å². The fraction of sp³-hybridized carbons (Fsp3) is 0.533. The Hall–Kier alpha value is -1.20. The lowest BCUT2D eigenvalue weighted by molar-refractivity contribution is -0.116. The second kappa shape index (κ2) is 7.55. The normalized spacial score (nSPS) is 19.8. The van der Waals surface area contributed by atoms with Crippen molar-refractivity contribution in [1.29, 1.82) is 0 Å². The highest BCUT2D eigenvalue weighted by atomic mass is 32.2. The van der Waals surface area contributed by atoms with Gasteiger partial charge in [-0.25, -0.2) is 0 Å². The highest BCUT2D eigenvalue weighted by Gasteiger charge is 2.16. The molecule has 0 spiro atoms. The fourth-order valence-corrected chi connectivity index (χ4v) is 2.99. The van der Waals surface area contributed by atoms with Crippen molar-refractivity contribution < 1.29 is 13.7 Å². The van der Waals surface area contributed by atoms with Crippen LogP contribution in [0.3, 0.4) is 0 Å². The van der Waals surface area contributed by atoms with Gasteiger partial charge in [-0.2, -0.15) is 0 Å². The van der Waals surface area contributed by atoms with Crippen LogP contribution in [0.15, 0.2) is 24.3 Å². The maximum Gasteiger partial charge on any atom is 0.224 e. The summed E-state index contributed by atoms with van der Waals surface area (Å²) in [6.07, 6.45) is 4.14. The zero-order valence-corrected chi connectivity index (χ0v) is 12.6. The van der Waals surface area contributed by atoms with E-state index in [2.05, 4.69) is 5.32 Å². The van der Waals surface area contributed by atoms with E-state index in [0.29, 0.717) is 18.1 Å². The molecule has 0 bridgehead atoms. The first kappa shape index (κ1) is 15.2. The van der Waals surface area contributed by atoms with Crippen molar-refractivity contribution in [3.63, 3.8) is 0 Å². The maximum absolute atomic E-state index is 11.9. The number of rotatable bonds is 6. The molecule has 1 saturated heterocycles. The summed E-state index contributed by atoms with van der Waals surface area (Å²) in [6.45, 7) is 1.60. The summed E-state index contributed by atoms with van der Waals surface area (Å²) in [5.41, 5.74) is 1.76. The summed E-state index contributed by atoms with van der Waals surface area (Å²) in [6, 6.07) is 7.55. The number of hydrogen-bond acceptors (Lipinski definition) is 3. The Morgan fingerprint density at radius 1 is 1.50 bits per heavy atom. The van der Waals surface area contributed by atoms with E-state index in [9.17, 15) is 9.00 Å². The SMILES string of the molecule is CS(=O)Cc1cccc(NC(=O)CCC2CCOC2)c1. The standard InChI is InChI=1S/C15H21NO3S/c1-20(18)11-13-3-2-4-14(9-13)16-15(17)6-5-12-7-8-19-10-12/h2-4,9,12H,5-8,10-11H2,1H3,(H,16,17). The number of nitrogens with one attached hydrogen (secondary N) is 1. The summed E-state index contributed by atoms with van der Waals surface area (Å²) in [5.74, 6) is 1.07. The lowest BCUT2D eigenvalue weighted by Gasteiger charge is -2.09. The van der Waals surface area contributed by atoms with Crippen molar-refractivity contribution in [1.82, 2.24) is 0 Å². The molecular weight excluding hydrogens is 274 g/mol. The first-order valence-corrected chi connectivity index (χ1v) is 8.63. The Morgan fingerprint density at radius 2 is 2.35 bits per heavy atom. The number of amides is 1. The van der Waals surface area contributed by atoms with E-state index >= 15 is 0 Å². The number of hydrogen-bond donors (Lipinski definition) is 1. The van der Waals surface area contributed by atoms with Crippen LogP contribution in [0.2, 0.25) is 0 Å². The summed E-state index contributed by atoms with van der Waals surface area (Å²) >= 11 is 0. The lowest BCUT2D eigenvalue weighted by atomic mass is 10.0. The first-order chi connectivity index (χ1) is 9.63. The lowest BCUT2D eigenvalue weighted by Crippen LogP contribution is -2.13. The van der Waals surface area contributed by atoms with Crippen molar-refractivity contribution in [3.05, 3.63) is 29.8 Å². The average molecular weight is 295 g/mol. The van der Waals surface area contributed by atoms with Gasteiger partial charge in [0.05, 0.1) is 0 Å². The van der Waals surface area contributed by atoms with Gasteiger partial charge in [-0.05, 0) is 36.5 Å². The molecule has 1 aromatic rings. The van der Waals surface area contributed by atoms with Crippen LogP contribution in [0.5, 0.6) is 0 Å². The molecule has 1 N–H and O–H groups in total. The molecule has 5 heteroatoms. The molecule has 0 saturated carbocycles.